The molecule has 168 valence electrons. The number of amides is 3. The molecule has 3 heterocycles. The molecule has 0 saturated heterocycles. The lowest BCUT2D eigenvalue weighted by Gasteiger charge is -2.36. The SMILES string of the molecule is CN[C@@H](C)C(=O)Nc1ccc2c(n1)CN(Cc1cscn1)C(=O)N2c1ccc(Cl)cc1.Cl. The number of pyridine rings is 1. The highest BCUT2D eigenvalue weighted by atomic mass is 35.5. The first-order valence-electron chi connectivity index (χ1n) is 9.66. The molecule has 0 saturated carbocycles. The average molecular weight is 493 g/mol. The zero-order valence-electron chi connectivity index (χ0n) is 17.4. The second kappa shape index (κ2) is 10.3. The number of nitrogens with zero attached hydrogens (tertiary/aromatic N) is 4. The smallest absolute Gasteiger partial charge is 0.312 e. The van der Waals surface area contributed by atoms with Crippen LogP contribution in [0.2, 0.25) is 5.02 Å². The van der Waals surface area contributed by atoms with Crippen molar-refractivity contribution in [2.75, 3.05) is 17.3 Å². The van der Waals surface area contributed by atoms with Crippen LogP contribution in [0.1, 0.15) is 18.3 Å². The molecule has 1 aromatic carbocycles. The molecule has 0 radical (unpaired) electrons. The Morgan fingerprint density at radius 1 is 1.25 bits per heavy atom. The monoisotopic (exact) mass is 492 g/mol. The highest BCUT2D eigenvalue weighted by Crippen LogP contribution is 2.35. The van der Waals surface area contributed by atoms with Crippen molar-refractivity contribution in [1.82, 2.24) is 20.2 Å². The lowest BCUT2D eigenvalue weighted by molar-refractivity contribution is -0.117. The van der Waals surface area contributed by atoms with E-state index in [0.717, 1.165) is 5.69 Å². The molecule has 0 spiro atoms. The van der Waals surface area contributed by atoms with Gasteiger partial charge in [-0.2, -0.15) is 0 Å². The molecule has 0 bridgehead atoms. The van der Waals surface area contributed by atoms with Crippen LogP contribution in [0.15, 0.2) is 47.3 Å². The first-order valence-corrected chi connectivity index (χ1v) is 11.0. The van der Waals surface area contributed by atoms with E-state index >= 15 is 0 Å². The number of fused-ring (bicyclic) bond motifs is 1. The molecule has 1 aliphatic heterocycles. The molecule has 2 aromatic heterocycles. The van der Waals surface area contributed by atoms with Crippen molar-refractivity contribution in [3.05, 3.63) is 63.7 Å². The van der Waals surface area contributed by atoms with Crippen molar-refractivity contribution in [2.24, 2.45) is 0 Å². The number of carbonyl (C=O) groups is 2. The van der Waals surface area contributed by atoms with Crippen LogP contribution >= 0.6 is 35.3 Å². The minimum atomic E-state index is -0.355. The van der Waals surface area contributed by atoms with Crippen LogP contribution in [-0.2, 0) is 17.9 Å². The van der Waals surface area contributed by atoms with Gasteiger partial charge < -0.3 is 15.5 Å². The Balaban J connectivity index is 0.00000289. The second-order valence-corrected chi connectivity index (χ2v) is 8.25. The van der Waals surface area contributed by atoms with E-state index in [-0.39, 0.29) is 30.4 Å². The zero-order chi connectivity index (χ0) is 22.0. The third-order valence-electron chi connectivity index (χ3n) is 4.99. The van der Waals surface area contributed by atoms with Crippen molar-refractivity contribution < 1.29 is 9.59 Å². The summed E-state index contributed by atoms with van der Waals surface area (Å²) in [6.45, 7) is 2.44. The van der Waals surface area contributed by atoms with Gasteiger partial charge in [0, 0.05) is 10.4 Å². The average Bonchev–Trinajstić information content (AvgIpc) is 3.28. The summed E-state index contributed by atoms with van der Waals surface area (Å²) in [6, 6.07) is 10.0. The van der Waals surface area contributed by atoms with Gasteiger partial charge >= 0.3 is 6.03 Å². The Bertz CT molecular complexity index is 1090. The molecule has 0 fully saturated rings. The van der Waals surface area contributed by atoms with Gasteiger partial charge in [-0.05, 0) is 50.4 Å². The highest BCUT2D eigenvalue weighted by molar-refractivity contribution is 7.07. The van der Waals surface area contributed by atoms with Crippen LogP contribution in [0.25, 0.3) is 0 Å². The molecular weight excluding hydrogens is 471 g/mol. The summed E-state index contributed by atoms with van der Waals surface area (Å²) in [6.07, 6.45) is 0. The lowest BCUT2D eigenvalue weighted by atomic mass is 10.1. The summed E-state index contributed by atoms with van der Waals surface area (Å²) >= 11 is 7.52. The summed E-state index contributed by atoms with van der Waals surface area (Å²) in [5.74, 6) is 0.251. The summed E-state index contributed by atoms with van der Waals surface area (Å²) in [7, 11) is 1.72. The Kier molecular flexibility index (Phi) is 7.68. The fourth-order valence-corrected chi connectivity index (χ4v) is 3.89. The largest absolute Gasteiger partial charge is 0.329 e. The lowest BCUT2D eigenvalue weighted by Crippen LogP contribution is -2.44. The first-order chi connectivity index (χ1) is 15.0. The topological polar surface area (TPSA) is 90.5 Å². The van der Waals surface area contributed by atoms with E-state index in [4.69, 9.17) is 11.6 Å². The number of hydrogen-bond donors (Lipinski definition) is 2. The molecule has 3 amide bonds. The van der Waals surface area contributed by atoms with Gasteiger partial charge in [0.2, 0.25) is 5.91 Å². The number of likely N-dealkylation sites (N-methyl/N-ethyl adjacent to an activating group) is 1. The normalized spacial score (nSPS) is 13.9. The minimum Gasteiger partial charge on any atom is -0.312 e. The zero-order valence-corrected chi connectivity index (χ0v) is 19.8. The summed E-state index contributed by atoms with van der Waals surface area (Å²) in [5, 5.41) is 8.22. The number of rotatable bonds is 6. The van der Waals surface area contributed by atoms with Gasteiger partial charge in [0.15, 0.2) is 0 Å². The maximum absolute atomic E-state index is 13.4. The maximum atomic E-state index is 13.4. The number of urea groups is 1. The molecule has 2 N–H and O–H groups in total. The summed E-state index contributed by atoms with van der Waals surface area (Å²) in [4.78, 5) is 37.9. The number of benzene rings is 1. The van der Waals surface area contributed by atoms with Crippen molar-refractivity contribution in [1.29, 1.82) is 0 Å². The van der Waals surface area contributed by atoms with E-state index in [1.54, 1.807) is 65.7 Å². The number of anilines is 3. The van der Waals surface area contributed by atoms with Gasteiger partial charge in [0.1, 0.15) is 5.82 Å². The van der Waals surface area contributed by atoms with Crippen LogP contribution < -0.4 is 15.5 Å². The van der Waals surface area contributed by atoms with E-state index in [9.17, 15) is 9.59 Å². The predicted molar refractivity (Wildman–Crippen MR) is 129 cm³/mol. The summed E-state index contributed by atoms with van der Waals surface area (Å²) < 4.78 is 0. The third-order valence-corrected chi connectivity index (χ3v) is 5.88. The van der Waals surface area contributed by atoms with E-state index in [1.807, 2.05) is 5.38 Å². The number of carbonyl (C=O) groups excluding carboxylic acids is 2. The molecule has 1 aliphatic rings. The number of halogens is 2. The van der Waals surface area contributed by atoms with Gasteiger partial charge in [0.25, 0.3) is 0 Å². The molecule has 32 heavy (non-hydrogen) atoms. The fraction of sp³-hybridized carbons (Fsp3) is 0.238. The van der Waals surface area contributed by atoms with Gasteiger partial charge in [0.05, 0.1) is 47.4 Å². The van der Waals surface area contributed by atoms with E-state index in [1.165, 1.54) is 11.3 Å². The number of nitrogens with one attached hydrogen (secondary N) is 2. The number of hydrogen-bond acceptors (Lipinski definition) is 6. The molecule has 0 aliphatic carbocycles. The summed E-state index contributed by atoms with van der Waals surface area (Å²) in [5.41, 5.74) is 4.58. The second-order valence-electron chi connectivity index (χ2n) is 7.09. The molecule has 0 unspecified atom stereocenters. The Hall–Kier alpha value is -2.72. The predicted octanol–water partition coefficient (Wildman–Crippen LogP) is 4.43. The van der Waals surface area contributed by atoms with Gasteiger partial charge in [-0.15, -0.1) is 23.7 Å². The van der Waals surface area contributed by atoms with E-state index in [0.29, 0.717) is 41.0 Å². The van der Waals surface area contributed by atoms with Gasteiger partial charge in [-0.25, -0.2) is 14.8 Å². The van der Waals surface area contributed by atoms with Crippen molar-refractivity contribution in [3.63, 3.8) is 0 Å². The minimum absolute atomic E-state index is 0. The fourth-order valence-electron chi connectivity index (χ4n) is 3.22. The molecule has 4 rings (SSSR count). The Morgan fingerprint density at radius 2 is 2.00 bits per heavy atom. The highest BCUT2D eigenvalue weighted by Gasteiger charge is 2.33. The van der Waals surface area contributed by atoms with Crippen molar-refractivity contribution >= 4 is 64.5 Å². The number of aromatic nitrogens is 2. The van der Waals surface area contributed by atoms with Crippen LogP contribution in [0.4, 0.5) is 22.0 Å². The molecule has 8 nitrogen and oxygen atoms in total. The third kappa shape index (κ3) is 5.02. The van der Waals surface area contributed by atoms with Gasteiger partial charge in [-0.1, -0.05) is 11.6 Å². The van der Waals surface area contributed by atoms with Crippen molar-refractivity contribution in [2.45, 2.75) is 26.1 Å². The van der Waals surface area contributed by atoms with E-state index < -0.39 is 0 Å². The van der Waals surface area contributed by atoms with Crippen LogP contribution in [0.5, 0.6) is 0 Å². The van der Waals surface area contributed by atoms with Gasteiger partial charge in [-0.3, -0.25) is 9.69 Å². The first kappa shape index (κ1) is 23.9. The van der Waals surface area contributed by atoms with Crippen LogP contribution in [0.3, 0.4) is 0 Å². The van der Waals surface area contributed by atoms with Crippen LogP contribution in [-0.4, -0.2) is 39.9 Å². The molecule has 3 aromatic rings. The molecule has 1 atom stereocenters. The van der Waals surface area contributed by atoms with Crippen LogP contribution in [0, 0.1) is 0 Å². The number of thiazole rings is 1. The standard InChI is InChI=1S/C21H21ClN6O2S.ClH/c1-13(23-2)20(29)26-19-8-7-18-17(25-19)10-27(9-15-11-31-12-24-15)21(30)28(18)16-5-3-14(22)4-6-16;/h3-8,11-13,23H,9-10H2,1-2H3,(H,25,26,29);1H/t13-;/m0./s1. The Morgan fingerprint density at radius 3 is 2.66 bits per heavy atom. The van der Waals surface area contributed by atoms with E-state index in [2.05, 4.69) is 20.6 Å². The quantitative estimate of drug-likeness (QED) is 0.530. The Labute approximate surface area is 201 Å². The molecule has 11 heteroatoms. The van der Waals surface area contributed by atoms with Crippen molar-refractivity contribution in [3.8, 4) is 0 Å². The maximum Gasteiger partial charge on any atom is 0.329 e. The molecular formula is C21H22Cl2N6O2S.